The molecule has 0 radical (unpaired) electrons. The molecule has 0 saturated heterocycles. The molecule has 3 heterocycles. The quantitative estimate of drug-likeness (QED) is 0.583. The Morgan fingerprint density at radius 2 is 1.79 bits per heavy atom. The van der Waals surface area contributed by atoms with Crippen molar-refractivity contribution in [2.75, 3.05) is 12.4 Å². The number of nitrogens with zero attached hydrogens (tertiary/aromatic N) is 4. The van der Waals surface area contributed by atoms with E-state index in [-0.39, 0.29) is 28.2 Å². The summed E-state index contributed by atoms with van der Waals surface area (Å²) in [4.78, 5) is 42.4. The minimum absolute atomic E-state index is 0.0735. The summed E-state index contributed by atoms with van der Waals surface area (Å²) < 4.78 is 38.7. The molecule has 1 atom stereocenters. The maximum absolute atomic E-state index is 12.9. The average Bonchev–Trinajstić information content (AvgIpc) is 3.02. The van der Waals surface area contributed by atoms with Crippen LogP contribution in [0.1, 0.15) is 50.2 Å². The van der Waals surface area contributed by atoms with Gasteiger partial charge in [0.15, 0.2) is 5.82 Å². The van der Waals surface area contributed by atoms with Gasteiger partial charge in [-0.15, -0.1) is 10.2 Å². The maximum Gasteiger partial charge on any atom is 0.417 e. The van der Waals surface area contributed by atoms with Crippen molar-refractivity contribution in [2.45, 2.75) is 25.9 Å². The number of hydrogen-bond acceptors (Lipinski definition) is 6. The van der Waals surface area contributed by atoms with Gasteiger partial charge in [0.2, 0.25) is 5.91 Å². The number of anilines is 1. The summed E-state index contributed by atoms with van der Waals surface area (Å²) in [6.07, 6.45) is -2.60. The van der Waals surface area contributed by atoms with Gasteiger partial charge in [0, 0.05) is 25.0 Å². The zero-order valence-corrected chi connectivity index (χ0v) is 18.3. The summed E-state index contributed by atoms with van der Waals surface area (Å²) in [5.74, 6) is -2.13. The van der Waals surface area contributed by atoms with Gasteiger partial charge in [-0.1, -0.05) is 6.07 Å². The van der Waals surface area contributed by atoms with E-state index in [0.29, 0.717) is 11.8 Å². The van der Waals surface area contributed by atoms with Crippen molar-refractivity contribution >= 4 is 23.5 Å². The van der Waals surface area contributed by atoms with Crippen molar-refractivity contribution in [3.8, 4) is 11.3 Å². The van der Waals surface area contributed by atoms with Crippen LogP contribution in [0.25, 0.3) is 11.3 Å². The van der Waals surface area contributed by atoms with E-state index in [4.69, 9.17) is 0 Å². The van der Waals surface area contributed by atoms with Crippen molar-refractivity contribution < 1.29 is 27.6 Å². The number of benzene rings is 1. The molecule has 1 aromatic carbocycles. The Kier molecular flexibility index (Phi) is 5.64. The fraction of sp³-hybridized carbons (Fsp3) is 0.217. The summed E-state index contributed by atoms with van der Waals surface area (Å²) >= 11 is 0. The number of imide groups is 1. The van der Waals surface area contributed by atoms with Gasteiger partial charge in [0.25, 0.3) is 11.8 Å². The van der Waals surface area contributed by atoms with Crippen molar-refractivity contribution in [1.29, 1.82) is 0 Å². The minimum Gasteiger partial charge on any atom is -0.309 e. The van der Waals surface area contributed by atoms with Gasteiger partial charge in [-0.2, -0.15) is 13.2 Å². The van der Waals surface area contributed by atoms with E-state index in [9.17, 15) is 27.6 Å². The molecule has 0 bridgehead atoms. The van der Waals surface area contributed by atoms with Crippen LogP contribution in [0.15, 0.2) is 42.7 Å². The van der Waals surface area contributed by atoms with E-state index in [1.807, 2.05) is 0 Å². The van der Waals surface area contributed by atoms with Gasteiger partial charge >= 0.3 is 6.18 Å². The number of halogens is 3. The third-order valence-electron chi connectivity index (χ3n) is 5.50. The molecule has 1 N–H and O–H groups in total. The topological polar surface area (TPSA) is 105 Å². The predicted molar refractivity (Wildman–Crippen MR) is 115 cm³/mol. The van der Waals surface area contributed by atoms with Crippen LogP contribution in [0.2, 0.25) is 0 Å². The molecule has 3 aromatic rings. The Hall–Kier alpha value is -4.15. The SMILES string of the molecule is Cc1cc2c(c(C(C)C(=O)Nc3ccc(-c4cncc(C(F)(F)F)c4)nn3)c1)C(=O)N(C)C2=O. The highest BCUT2D eigenvalue weighted by molar-refractivity contribution is 6.22. The van der Waals surface area contributed by atoms with E-state index in [1.165, 1.54) is 25.4 Å². The summed E-state index contributed by atoms with van der Waals surface area (Å²) in [6, 6.07) is 7.01. The molecular weight excluding hydrogens is 451 g/mol. The van der Waals surface area contributed by atoms with Crippen LogP contribution in [0.5, 0.6) is 0 Å². The van der Waals surface area contributed by atoms with E-state index in [0.717, 1.165) is 16.5 Å². The molecule has 4 rings (SSSR count). The Bertz CT molecular complexity index is 1320. The average molecular weight is 469 g/mol. The first-order valence-electron chi connectivity index (χ1n) is 10.1. The molecule has 11 heteroatoms. The highest BCUT2D eigenvalue weighted by atomic mass is 19.4. The first-order chi connectivity index (χ1) is 16.0. The largest absolute Gasteiger partial charge is 0.417 e. The molecule has 34 heavy (non-hydrogen) atoms. The lowest BCUT2D eigenvalue weighted by Crippen LogP contribution is -2.25. The van der Waals surface area contributed by atoms with Crippen LogP contribution in [0.3, 0.4) is 0 Å². The maximum atomic E-state index is 12.9. The third-order valence-corrected chi connectivity index (χ3v) is 5.50. The summed E-state index contributed by atoms with van der Waals surface area (Å²) in [7, 11) is 1.38. The van der Waals surface area contributed by atoms with Gasteiger partial charge in [-0.3, -0.25) is 24.3 Å². The van der Waals surface area contributed by atoms with E-state index < -0.39 is 35.4 Å². The number of aryl methyl sites for hydroxylation is 1. The highest BCUT2D eigenvalue weighted by Gasteiger charge is 2.37. The Labute approximate surface area is 191 Å². The number of rotatable bonds is 4. The first-order valence-corrected chi connectivity index (χ1v) is 10.1. The molecule has 0 aliphatic carbocycles. The van der Waals surface area contributed by atoms with Gasteiger partial charge in [0.1, 0.15) is 0 Å². The molecule has 0 fully saturated rings. The molecule has 174 valence electrons. The molecule has 1 aliphatic heterocycles. The highest BCUT2D eigenvalue weighted by Crippen LogP contribution is 2.33. The number of carbonyl (C=O) groups is 3. The molecule has 1 aliphatic rings. The molecule has 8 nitrogen and oxygen atoms in total. The number of aromatic nitrogens is 3. The van der Waals surface area contributed by atoms with Gasteiger partial charge in [-0.05, 0) is 49.2 Å². The summed E-state index contributed by atoms with van der Waals surface area (Å²) in [6.45, 7) is 3.36. The van der Waals surface area contributed by atoms with Crippen LogP contribution < -0.4 is 5.32 Å². The predicted octanol–water partition coefficient (Wildman–Crippen LogP) is 3.83. The third kappa shape index (κ3) is 4.12. The smallest absolute Gasteiger partial charge is 0.309 e. The van der Waals surface area contributed by atoms with Gasteiger partial charge < -0.3 is 5.32 Å². The van der Waals surface area contributed by atoms with E-state index >= 15 is 0 Å². The van der Waals surface area contributed by atoms with Gasteiger partial charge in [0.05, 0.1) is 28.3 Å². The van der Waals surface area contributed by atoms with Crippen LogP contribution in [0, 0.1) is 6.92 Å². The van der Waals surface area contributed by atoms with Crippen molar-refractivity contribution in [1.82, 2.24) is 20.1 Å². The number of alkyl halides is 3. The minimum atomic E-state index is -4.54. The monoisotopic (exact) mass is 469 g/mol. The molecule has 3 amide bonds. The lowest BCUT2D eigenvalue weighted by molar-refractivity contribution is -0.137. The zero-order chi connectivity index (χ0) is 24.8. The van der Waals surface area contributed by atoms with Crippen molar-refractivity contribution in [2.24, 2.45) is 0 Å². The molecule has 0 saturated carbocycles. The molecular formula is C23H18F3N5O3. The fourth-order valence-electron chi connectivity index (χ4n) is 3.67. The Balaban J connectivity index is 1.55. The van der Waals surface area contributed by atoms with Gasteiger partial charge in [-0.25, -0.2) is 0 Å². The molecule has 0 spiro atoms. The van der Waals surface area contributed by atoms with Crippen molar-refractivity contribution in [3.63, 3.8) is 0 Å². The number of pyridine rings is 1. The standard InChI is InChI=1S/C23H18F3N5O3/c1-11-6-15(19-16(7-11)21(33)31(3)22(19)34)12(2)20(32)28-18-5-4-17(29-30-18)13-8-14(10-27-9-13)23(24,25)26/h4-10,12H,1-3H3,(H,28,30,32). The normalized spacial score (nSPS) is 14.2. The van der Waals surface area contributed by atoms with E-state index in [1.54, 1.807) is 26.0 Å². The fourth-order valence-corrected chi connectivity index (χ4v) is 3.67. The lowest BCUT2D eigenvalue weighted by atomic mass is 9.90. The molecule has 2 aromatic heterocycles. The van der Waals surface area contributed by atoms with Crippen LogP contribution >= 0.6 is 0 Å². The summed E-state index contributed by atoms with van der Waals surface area (Å²) in [5, 5.41) is 10.3. The van der Waals surface area contributed by atoms with Crippen LogP contribution in [-0.2, 0) is 11.0 Å². The zero-order valence-electron chi connectivity index (χ0n) is 18.3. The lowest BCUT2D eigenvalue weighted by Gasteiger charge is -2.15. The first kappa shape index (κ1) is 23.0. The number of amides is 3. The number of fused-ring (bicyclic) bond motifs is 1. The molecule has 1 unspecified atom stereocenters. The number of carbonyl (C=O) groups excluding carboxylic acids is 3. The Morgan fingerprint density at radius 3 is 2.44 bits per heavy atom. The summed E-state index contributed by atoms with van der Waals surface area (Å²) in [5.41, 5.74) is 0.936. The number of hydrogen-bond donors (Lipinski definition) is 1. The second-order valence-corrected chi connectivity index (χ2v) is 7.92. The number of nitrogens with one attached hydrogen (secondary N) is 1. The van der Waals surface area contributed by atoms with Crippen molar-refractivity contribution in [3.05, 3.63) is 70.5 Å². The van der Waals surface area contributed by atoms with E-state index in [2.05, 4.69) is 20.5 Å². The van der Waals surface area contributed by atoms with Crippen LogP contribution in [-0.4, -0.2) is 44.9 Å². The Morgan fingerprint density at radius 1 is 1.06 bits per heavy atom. The second kappa shape index (κ2) is 8.32. The van der Waals surface area contributed by atoms with Crippen LogP contribution in [0.4, 0.5) is 19.0 Å². The second-order valence-electron chi connectivity index (χ2n) is 7.92.